The Morgan fingerprint density at radius 2 is 2.20 bits per heavy atom. The van der Waals surface area contributed by atoms with E-state index in [1.165, 1.54) is 29.7 Å². The molecule has 0 aromatic carbocycles. The molecule has 15 heavy (non-hydrogen) atoms. The number of thiophene rings is 1. The molecule has 1 aliphatic carbocycles. The molecule has 0 bridgehead atoms. The van der Waals surface area contributed by atoms with Crippen LogP contribution in [0, 0.1) is 12.8 Å². The smallest absolute Gasteiger partial charge is 0.0420 e. The molecule has 1 aromatic rings. The van der Waals surface area contributed by atoms with Gasteiger partial charge in [-0.25, -0.2) is 0 Å². The minimum Gasteiger partial charge on any atom is -0.321 e. The summed E-state index contributed by atoms with van der Waals surface area (Å²) in [7, 11) is 0. The SMILES string of the molecule is Cc1sccc1C1(N)CCCC(C)CC1. The zero-order chi connectivity index (χ0) is 10.9. The van der Waals surface area contributed by atoms with E-state index in [2.05, 4.69) is 25.3 Å². The fourth-order valence-corrected chi connectivity index (χ4v) is 3.52. The van der Waals surface area contributed by atoms with E-state index in [9.17, 15) is 0 Å². The predicted molar refractivity (Wildman–Crippen MR) is 67.2 cm³/mol. The van der Waals surface area contributed by atoms with Crippen LogP contribution in [0.5, 0.6) is 0 Å². The van der Waals surface area contributed by atoms with Crippen LogP contribution in [0.25, 0.3) is 0 Å². The first-order valence-corrected chi connectivity index (χ1v) is 6.83. The summed E-state index contributed by atoms with van der Waals surface area (Å²) in [6, 6.07) is 2.23. The maximum absolute atomic E-state index is 6.59. The topological polar surface area (TPSA) is 26.0 Å². The van der Waals surface area contributed by atoms with Crippen molar-refractivity contribution in [3.8, 4) is 0 Å². The first-order valence-electron chi connectivity index (χ1n) is 5.95. The Hall–Kier alpha value is -0.340. The largest absolute Gasteiger partial charge is 0.321 e. The molecule has 1 nitrogen and oxygen atoms in total. The van der Waals surface area contributed by atoms with Gasteiger partial charge in [-0.15, -0.1) is 11.3 Å². The molecule has 0 radical (unpaired) electrons. The third kappa shape index (κ3) is 2.26. The number of rotatable bonds is 1. The maximum Gasteiger partial charge on any atom is 0.0420 e. The summed E-state index contributed by atoms with van der Waals surface area (Å²) in [6.07, 6.45) is 6.24. The van der Waals surface area contributed by atoms with Crippen molar-refractivity contribution in [2.75, 3.05) is 0 Å². The number of hydrogen-bond acceptors (Lipinski definition) is 2. The van der Waals surface area contributed by atoms with E-state index in [1.54, 1.807) is 0 Å². The van der Waals surface area contributed by atoms with Crippen LogP contribution in [0.3, 0.4) is 0 Å². The fraction of sp³-hybridized carbons (Fsp3) is 0.692. The Bertz CT molecular complexity index is 331. The van der Waals surface area contributed by atoms with Crippen molar-refractivity contribution in [2.24, 2.45) is 11.7 Å². The van der Waals surface area contributed by atoms with E-state index in [4.69, 9.17) is 5.73 Å². The molecule has 0 saturated heterocycles. The molecule has 2 atom stereocenters. The molecule has 0 amide bonds. The zero-order valence-electron chi connectivity index (χ0n) is 9.75. The van der Waals surface area contributed by atoms with Crippen LogP contribution < -0.4 is 5.73 Å². The monoisotopic (exact) mass is 223 g/mol. The molecule has 2 N–H and O–H groups in total. The molecule has 0 spiro atoms. The zero-order valence-corrected chi connectivity index (χ0v) is 10.6. The predicted octanol–water partition coefficient (Wildman–Crippen LogP) is 3.81. The van der Waals surface area contributed by atoms with E-state index in [0.29, 0.717) is 0 Å². The fourth-order valence-electron chi connectivity index (χ4n) is 2.71. The number of hydrogen-bond donors (Lipinski definition) is 1. The highest BCUT2D eigenvalue weighted by atomic mass is 32.1. The van der Waals surface area contributed by atoms with Crippen molar-refractivity contribution in [1.29, 1.82) is 0 Å². The summed E-state index contributed by atoms with van der Waals surface area (Å²) in [5, 5.41) is 2.17. The molecule has 1 aliphatic rings. The summed E-state index contributed by atoms with van der Waals surface area (Å²) >= 11 is 1.82. The molecular formula is C13H21NS. The van der Waals surface area contributed by atoms with Crippen LogP contribution in [0.1, 0.15) is 49.5 Å². The Morgan fingerprint density at radius 3 is 2.87 bits per heavy atom. The molecule has 2 unspecified atom stereocenters. The second-order valence-corrected chi connectivity index (χ2v) is 6.20. The van der Waals surface area contributed by atoms with E-state index < -0.39 is 0 Å². The number of aryl methyl sites for hydroxylation is 1. The van der Waals surface area contributed by atoms with Gasteiger partial charge in [-0.1, -0.05) is 19.8 Å². The van der Waals surface area contributed by atoms with Gasteiger partial charge in [-0.3, -0.25) is 0 Å². The summed E-state index contributed by atoms with van der Waals surface area (Å²) in [6.45, 7) is 4.55. The average molecular weight is 223 g/mol. The number of nitrogens with two attached hydrogens (primary N) is 1. The first kappa shape index (κ1) is 11.2. The molecule has 0 aliphatic heterocycles. The lowest BCUT2D eigenvalue weighted by molar-refractivity contribution is 0.378. The first-order chi connectivity index (χ1) is 7.12. The van der Waals surface area contributed by atoms with E-state index in [0.717, 1.165) is 18.8 Å². The second kappa shape index (κ2) is 4.26. The van der Waals surface area contributed by atoms with E-state index in [1.807, 2.05) is 11.3 Å². The minimum absolute atomic E-state index is 0.0329. The van der Waals surface area contributed by atoms with Crippen molar-refractivity contribution in [2.45, 2.75) is 51.5 Å². The highest BCUT2D eigenvalue weighted by Gasteiger charge is 2.31. The second-order valence-electron chi connectivity index (χ2n) is 5.08. The summed E-state index contributed by atoms with van der Waals surface area (Å²) in [4.78, 5) is 1.41. The molecular weight excluding hydrogens is 202 g/mol. The van der Waals surface area contributed by atoms with Gasteiger partial charge in [0, 0.05) is 10.4 Å². The van der Waals surface area contributed by atoms with E-state index >= 15 is 0 Å². The van der Waals surface area contributed by atoms with Gasteiger partial charge >= 0.3 is 0 Å². The summed E-state index contributed by atoms with van der Waals surface area (Å²) < 4.78 is 0. The molecule has 1 saturated carbocycles. The van der Waals surface area contributed by atoms with Crippen molar-refractivity contribution >= 4 is 11.3 Å². The van der Waals surface area contributed by atoms with Gasteiger partial charge in [0.15, 0.2) is 0 Å². The minimum atomic E-state index is -0.0329. The van der Waals surface area contributed by atoms with Crippen LogP contribution in [0.4, 0.5) is 0 Å². The highest BCUT2D eigenvalue weighted by molar-refractivity contribution is 7.10. The van der Waals surface area contributed by atoms with Crippen molar-refractivity contribution in [3.05, 3.63) is 21.9 Å². The van der Waals surface area contributed by atoms with Gasteiger partial charge in [0.1, 0.15) is 0 Å². The molecule has 1 heterocycles. The van der Waals surface area contributed by atoms with Gasteiger partial charge in [0.2, 0.25) is 0 Å². The maximum atomic E-state index is 6.59. The van der Waals surface area contributed by atoms with Crippen LogP contribution in [0.2, 0.25) is 0 Å². The van der Waals surface area contributed by atoms with Gasteiger partial charge in [0.25, 0.3) is 0 Å². The molecule has 84 valence electrons. The standard InChI is InChI=1S/C13H21NS/c1-10-4-3-7-13(14,8-5-10)12-6-9-15-11(12)2/h6,9-10H,3-5,7-8,14H2,1-2H3. The Kier molecular flexibility index (Phi) is 3.17. The molecule has 2 rings (SSSR count). The Balaban J connectivity index is 2.22. The van der Waals surface area contributed by atoms with Gasteiger partial charge < -0.3 is 5.73 Å². The molecule has 1 fully saturated rings. The lowest BCUT2D eigenvalue weighted by Gasteiger charge is -2.28. The van der Waals surface area contributed by atoms with Gasteiger partial charge in [0.05, 0.1) is 0 Å². The molecule has 1 aromatic heterocycles. The highest BCUT2D eigenvalue weighted by Crippen LogP contribution is 2.38. The summed E-state index contributed by atoms with van der Waals surface area (Å²) in [5.41, 5.74) is 7.97. The lowest BCUT2D eigenvalue weighted by atomic mass is 9.84. The van der Waals surface area contributed by atoms with Gasteiger partial charge in [-0.05, 0) is 49.1 Å². The van der Waals surface area contributed by atoms with Gasteiger partial charge in [-0.2, -0.15) is 0 Å². The van der Waals surface area contributed by atoms with Crippen LogP contribution in [-0.2, 0) is 5.54 Å². The lowest BCUT2D eigenvalue weighted by Crippen LogP contribution is -2.36. The van der Waals surface area contributed by atoms with Crippen LogP contribution in [-0.4, -0.2) is 0 Å². The van der Waals surface area contributed by atoms with Crippen molar-refractivity contribution in [3.63, 3.8) is 0 Å². The Morgan fingerprint density at radius 1 is 1.40 bits per heavy atom. The van der Waals surface area contributed by atoms with Crippen molar-refractivity contribution in [1.82, 2.24) is 0 Å². The van der Waals surface area contributed by atoms with Crippen molar-refractivity contribution < 1.29 is 0 Å². The average Bonchev–Trinajstić information content (AvgIpc) is 2.55. The Labute approximate surface area is 96.7 Å². The molecule has 2 heteroatoms. The summed E-state index contributed by atoms with van der Waals surface area (Å²) in [5.74, 6) is 0.856. The quantitative estimate of drug-likeness (QED) is 0.720. The normalized spacial score (nSPS) is 32.6. The van der Waals surface area contributed by atoms with Crippen LogP contribution in [0.15, 0.2) is 11.4 Å². The third-order valence-corrected chi connectivity index (χ3v) is 4.64. The third-order valence-electron chi connectivity index (χ3n) is 3.80. The van der Waals surface area contributed by atoms with E-state index in [-0.39, 0.29) is 5.54 Å². The van der Waals surface area contributed by atoms with Crippen LogP contribution >= 0.6 is 11.3 Å².